The average Bonchev–Trinajstić information content (AvgIpc) is 2.88. The number of thiazole rings is 1. The molecule has 2 rings (SSSR count). The number of aliphatic hydroxyl groups excluding tert-OH is 1. The molecule has 100 valence electrons. The molecule has 1 unspecified atom stereocenters. The van der Waals surface area contributed by atoms with Gasteiger partial charge in [-0.3, -0.25) is 9.78 Å². The van der Waals surface area contributed by atoms with Crippen molar-refractivity contribution in [2.75, 3.05) is 6.61 Å². The van der Waals surface area contributed by atoms with E-state index in [0.29, 0.717) is 0 Å². The van der Waals surface area contributed by atoms with Crippen LogP contribution in [0.2, 0.25) is 0 Å². The molecule has 19 heavy (non-hydrogen) atoms. The molecule has 2 N–H and O–H groups in total. The fourth-order valence-electron chi connectivity index (χ4n) is 1.55. The average molecular weight is 277 g/mol. The van der Waals surface area contributed by atoms with Crippen molar-refractivity contribution in [1.82, 2.24) is 15.3 Å². The van der Waals surface area contributed by atoms with Gasteiger partial charge in [0.15, 0.2) is 0 Å². The summed E-state index contributed by atoms with van der Waals surface area (Å²) >= 11 is 1.49. The largest absolute Gasteiger partial charge is 0.394 e. The summed E-state index contributed by atoms with van der Waals surface area (Å²) in [5.41, 5.74) is 1.68. The van der Waals surface area contributed by atoms with Crippen molar-refractivity contribution in [3.8, 4) is 10.6 Å². The molecule has 0 aliphatic carbocycles. The number of aromatic nitrogens is 2. The zero-order valence-corrected chi connectivity index (χ0v) is 11.4. The van der Waals surface area contributed by atoms with Gasteiger partial charge in [0, 0.05) is 29.4 Å². The fourth-order valence-corrected chi connectivity index (χ4v) is 2.36. The van der Waals surface area contributed by atoms with Crippen molar-refractivity contribution in [1.29, 1.82) is 0 Å². The first-order chi connectivity index (χ1) is 9.19. The third-order valence-electron chi connectivity index (χ3n) is 2.48. The quantitative estimate of drug-likeness (QED) is 0.862. The maximum Gasteiger partial charge on any atom is 0.226 e. The van der Waals surface area contributed by atoms with Crippen LogP contribution in [-0.4, -0.2) is 33.6 Å². The molecule has 1 atom stereocenters. The molecule has 0 aromatic carbocycles. The molecule has 5 nitrogen and oxygen atoms in total. The Morgan fingerprint density at radius 1 is 1.58 bits per heavy atom. The molecule has 0 spiro atoms. The molecule has 0 aliphatic rings. The van der Waals surface area contributed by atoms with Crippen LogP contribution in [-0.2, 0) is 11.2 Å². The van der Waals surface area contributed by atoms with Gasteiger partial charge in [-0.15, -0.1) is 11.3 Å². The summed E-state index contributed by atoms with van der Waals surface area (Å²) < 4.78 is 0. The second-order valence-corrected chi connectivity index (χ2v) is 5.07. The van der Waals surface area contributed by atoms with Crippen LogP contribution in [0.4, 0.5) is 0 Å². The summed E-state index contributed by atoms with van der Waals surface area (Å²) in [6.07, 6.45) is 3.68. The van der Waals surface area contributed by atoms with Crippen LogP contribution in [0.5, 0.6) is 0 Å². The maximum atomic E-state index is 11.7. The Hall–Kier alpha value is -1.79. The molecular formula is C13H15N3O2S. The van der Waals surface area contributed by atoms with Crippen molar-refractivity contribution < 1.29 is 9.90 Å². The fraction of sp³-hybridized carbons (Fsp3) is 0.308. The van der Waals surface area contributed by atoms with Gasteiger partial charge in [0.2, 0.25) is 5.91 Å². The summed E-state index contributed by atoms with van der Waals surface area (Å²) in [5.74, 6) is -0.135. The summed E-state index contributed by atoms with van der Waals surface area (Å²) in [7, 11) is 0. The normalized spacial score (nSPS) is 12.1. The van der Waals surface area contributed by atoms with Crippen LogP contribution < -0.4 is 5.32 Å². The summed E-state index contributed by atoms with van der Waals surface area (Å²) in [5, 5.41) is 14.3. The van der Waals surface area contributed by atoms with Crippen molar-refractivity contribution in [3.63, 3.8) is 0 Å². The smallest absolute Gasteiger partial charge is 0.226 e. The summed E-state index contributed by atoms with van der Waals surface area (Å²) in [6, 6.07) is 3.55. The lowest BCUT2D eigenvalue weighted by atomic mass is 10.2. The Kier molecular flexibility index (Phi) is 4.59. The molecule has 0 aliphatic heterocycles. The number of carbonyl (C=O) groups excluding carboxylic acids is 1. The molecular weight excluding hydrogens is 262 g/mol. The third kappa shape index (κ3) is 3.84. The number of nitrogens with zero attached hydrogens (tertiary/aromatic N) is 2. The van der Waals surface area contributed by atoms with Gasteiger partial charge in [0.25, 0.3) is 0 Å². The van der Waals surface area contributed by atoms with Crippen LogP contribution in [0, 0.1) is 0 Å². The van der Waals surface area contributed by atoms with Crippen LogP contribution >= 0.6 is 11.3 Å². The van der Waals surface area contributed by atoms with Gasteiger partial charge < -0.3 is 10.4 Å². The molecule has 0 saturated heterocycles. The van der Waals surface area contributed by atoms with Crippen molar-refractivity contribution in [3.05, 3.63) is 35.6 Å². The van der Waals surface area contributed by atoms with E-state index in [9.17, 15) is 4.79 Å². The van der Waals surface area contributed by atoms with Gasteiger partial charge in [-0.2, -0.15) is 0 Å². The van der Waals surface area contributed by atoms with Crippen LogP contribution in [0.3, 0.4) is 0 Å². The first kappa shape index (κ1) is 13.6. The van der Waals surface area contributed by atoms with E-state index in [1.54, 1.807) is 19.3 Å². The van der Waals surface area contributed by atoms with Crippen molar-refractivity contribution in [2.45, 2.75) is 19.4 Å². The number of hydrogen-bond donors (Lipinski definition) is 2. The predicted octanol–water partition coefficient (Wildman–Crippen LogP) is 1.24. The van der Waals surface area contributed by atoms with Gasteiger partial charge in [0.05, 0.1) is 18.7 Å². The zero-order valence-electron chi connectivity index (χ0n) is 10.5. The summed E-state index contributed by atoms with van der Waals surface area (Å²) in [4.78, 5) is 20.1. The van der Waals surface area contributed by atoms with Gasteiger partial charge in [-0.1, -0.05) is 0 Å². The minimum atomic E-state index is -0.232. The molecule has 1 amide bonds. The third-order valence-corrected chi connectivity index (χ3v) is 3.42. The molecule has 0 radical (unpaired) electrons. The van der Waals surface area contributed by atoms with Gasteiger partial charge in [-0.05, 0) is 19.1 Å². The van der Waals surface area contributed by atoms with E-state index in [1.165, 1.54) is 11.3 Å². The molecule has 0 saturated carbocycles. The van der Waals surface area contributed by atoms with Crippen LogP contribution in [0.15, 0.2) is 29.9 Å². The standard InChI is InChI=1S/C13H15N3O2S/c1-9(7-17)15-12(18)5-11-8-19-13(16-11)10-3-2-4-14-6-10/h2-4,6,8-9,17H,5,7H2,1H3,(H,15,18). The highest BCUT2D eigenvalue weighted by Crippen LogP contribution is 2.22. The summed E-state index contributed by atoms with van der Waals surface area (Å²) in [6.45, 7) is 1.68. The second-order valence-electron chi connectivity index (χ2n) is 4.21. The Labute approximate surface area is 115 Å². The van der Waals surface area contributed by atoms with Gasteiger partial charge in [0.1, 0.15) is 5.01 Å². The molecule has 2 aromatic rings. The highest BCUT2D eigenvalue weighted by Gasteiger charge is 2.10. The highest BCUT2D eigenvalue weighted by molar-refractivity contribution is 7.13. The van der Waals surface area contributed by atoms with Gasteiger partial charge >= 0.3 is 0 Å². The van der Waals surface area contributed by atoms with E-state index in [4.69, 9.17) is 5.11 Å². The van der Waals surface area contributed by atoms with Crippen LogP contribution in [0.1, 0.15) is 12.6 Å². The molecule has 6 heteroatoms. The second kappa shape index (κ2) is 6.40. The molecule has 2 aromatic heterocycles. The molecule has 0 bridgehead atoms. The first-order valence-corrected chi connectivity index (χ1v) is 6.82. The highest BCUT2D eigenvalue weighted by atomic mass is 32.1. The Bertz CT molecular complexity index is 542. The molecule has 2 heterocycles. The lowest BCUT2D eigenvalue weighted by Crippen LogP contribution is -2.36. The van der Waals surface area contributed by atoms with E-state index in [0.717, 1.165) is 16.3 Å². The van der Waals surface area contributed by atoms with E-state index >= 15 is 0 Å². The number of nitrogens with one attached hydrogen (secondary N) is 1. The van der Waals surface area contributed by atoms with Crippen molar-refractivity contribution in [2.24, 2.45) is 0 Å². The van der Waals surface area contributed by atoms with Crippen molar-refractivity contribution >= 4 is 17.2 Å². The predicted molar refractivity (Wildman–Crippen MR) is 73.7 cm³/mol. The van der Waals surface area contributed by atoms with E-state index < -0.39 is 0 Å². The maximum absolute atomic E-state index is 11.7. The number of aliphatic hydroxyl groups is 1. The zero-order chi connectivity index (χ0) is 13.7. The minimum Gasteiger partial charge on any atom is -0.394 e. The number of rotatable bonds is 5. The van der Waals surface area contributed by atoms with E-state index in [2.05, 4.69) is 15.3 Å². The molecule has 0 fully saturated rings. The van der Waals surface area contributed by atoms with E-state index in [1.807, 2.05) is 17.5 Å². The topological polar surface area (TPSA) is 75.1 Å². The number of carbonyl (C=O) groups is 1. The number of pyridine rings is 1. The minimum absolute atomic E-state index is 0.0657. The first-order valence-electron chi connectivity index (χ1n) is 5.94. The lowest BCUT2D eigenvalue weighted by molar-refractivity contribution is -0.121. The Balaban J connectivity index is 2.00. The van der Waals surface area contributed by atoms with Gasteiger partial charge in [-0.25, -0.2) is 4.98 Å². The number of hydrogen-bond acceptors (Lipinski definition) is 5. The Morgan fingerprint density at radius 3 is 3.11 bits per heavy atom. The Morgan fingerprint density at radius 2 is 2.42 bits per heavy atom. The monoisotopic (exact) mass is 277 g/mol. The SMILES string of the molecule is CC(CO)NC(=O)Cc1csc(-c2cccnc2)n1. The van der Waals surface area contributed by atoms with E-state index in [-0.39, 0.29) is 25.0 Å². The number of amides is 1. The lowest BCUT2D eigenvalue weighted by Gasteiger charge is -2.09. The van der Waals surface area contributed by atoms with Crippen LogP contribution in [0.25, 0.3) is 10.6 Å².